The lowest BCUT2D eigenvalue weighted by atomic mass is 10.1. The predicted octanol–water partition coefficient (Wildman–Crippen LogP) is 3.18. The number of hydrogen-bond donors (Lipinski definition) is 0. The fourth-order valence-electron chi connectivity index (χ4n) is 2.32. The molecule has 20 heavy (non-hydrogen) atoms. The third-order valence-corrected chi connectivity index (χ3v) is 4.50. The number of amides is 1. The standard InChI is InChI=1S/C15H15NO3S/c1-18-12-6-3-2-5-11(12)14(17)16-8-10-20-15(16)13-7-4-9-19-13/h2-7,9,15H,8,10H2,1H3/t15-/m0/s1. The van der Waals surface area contributed by atoms with Gasteiger partial charge in [0.2, 0.25) is 0 Å². The van der Waals surface area contributed by atoms with Gasteiger partial charge in [0.1, 0.15) is 16.9 Å². The van der Waals surface area contributed by atoms with Crippen LogP contribution in [0, 0.1) is 0 Å². The second-order valence-electron chi connectivity index (χ2n) is 4.44. The molecule has 2 aromatic rings. The van der Waals surface area contributed by atoms with Gasteiger partial charge in [-0.25, -0.2) is 0 Å². The lowest BCUT2D eigenvalue weighted by Gasteiger charge is -2.23. The summed E-state index contributed by atoms with van der Waals surface area (Å²) in [5.74, 6) is 2.31. The molecular weight excluding hydrogens is 274 g/mol. The van der Waals surface area contributed by atoms with Gasteiger partial charge in [0.05, 0.1) is 18.9 Å². The Morgan fingerprint density at radius 1 is 1.35 bits per heavy atom. The minimum absolute atomic E-state index is 0.0196. The average Bonchev–Trinajstić information content (AvgIpc) is 3.16. The van der Waals surface area contributed by atoms with Crippen molar-refractivity contribution in [3.63, 3.8) is 0 Å². The number of ether oxygens (including phenoxy) is 1. The van der Waals surface area contributed by atoms with Gasteiger partial charge in [-0.1, -0.05) is 12.1 Å². The van der Waals surface area contributed by atoms with Crippen LogP contribution in [-0.2, 0) is 0 Å². The molecule has 1 amide bonds. The summed E-state index contributed by atoms with van der Waals surface area (Å²) in [5, 5.41) is -0.0533. The van der Waals surface area contributed by atoms with Crippen LogP contribution >= 0.6 is 11.8 Å². The molecule has 4 nitrogen and oxygen atoms in total. The Kier molecular flexibility index (Phi) is 3.69. The molecule has 3 rings (SSSR count). The van der Waals surface area contributed by atoms with Crippen molar-refractivity contribution >= 4 is 17.7 Å². The van der Waals surface area contributed by atoms with E-state index in [1.54, 1.807) is 37.3 Å². The van der Waals surface area contributed by atoms with E-state index >= 15 is 0 Å². The van der Waals surface area contributed by atoms with Gasteiger partial charge in [0.25, 0.3) is 5.91 Å². The molecule has 0 aliphatic carbocycles. The quantitative estimate of drug-likeness (QED) is 0.870. The topological polar surface area (TPSA) is 42.7 Å². The fourth-order valence-corrected chi connectivity index (χ4v) is 3.53. The van der Waals surface area contributed by atoms with Crippen molar-refractivity contribution in [2.45, 2.75) is 5.37 Å². The van der Waals surface area contributed by atoms with Crippen molar-refractivity contribution in [1.82, 2.24) is 4.90 Å². The lowest BCUT2D eigenvalue weighted by molar-refractivity contribution is 0.0746. The molecule has 1 fully saturated rings. The molecule has 1 aromatic carbocycles. The molecule has 1 aliphatic heterocycles. The molecule has 0 N–H and O–H groups in total. The first-order valence-electron chi connectivity index (χ1n) is 6.40. The van der Waals surface area contributed by atoms with E-state index in [-0.39, 0.29) is 11.3 Å². The second-order valence-corrected chi connectivity index (χ2v) is 5.63. The number of methoxy groups -OCH3 is 1. The molecule has 0 unspecified atom stereocenters. The molecule has 5 heteroatoms. The Morgan fingerprint density at radius 3 is 2.95 bits per heavy atom. The van der Waals surface area contributed by atoms with Crippen molar-refractivity contribution in [3.05, 3.63) is 54.0 Å². The summed E-state index contributed by atoms with van der Waals surface area (Å²) in [7, 11) is 1.58. The summed E-state index contributed by atoms with van der Waals surface area (Å²) >= 11 is 1.72. The number of carbonyl (C=O) groups excluding carboxylic acids is 1. The van der Waals surface area contributed by atoms with Crippen LogP contribution in [-0.4, -0.2) is 30.2 Å². The fraction of sp³-hybridized carbons (Fsp3) is 0.267. The maximum Gasteiger partial charge on any atom is 0.258 e. The van der Waals surface area contributed by atoms with Gasteiger partial charge in [-0.15, -0.1) is 11.8 Å². The Bertz CT molecular complexity index is 597. The van der Waals surface area contributed by atoms with E-state index in [0.717, 1.165) is 11.5 Å². The van der Waals surface area contributed by atoms with Gasteiger partial charge in [0, 0.05) is 12.3 Å². The highest BCUT2D eigenvalue weighted by atomic mass is 32.2. The number of benzene rings is 1. The zero-order chi connectivity index (χ0) is 13.9. The maximum absolute atomic E-state index is 12.7. The van der Waals surface area contributed by atoms with Gasteiger partial charge < -0.3 is 14.1 Å². The van der Waals surface area contributed by atoms with E-state index in [1.807, 2.05) is 29.2 Å². The minimum atomic E-state index is -0.0533. The van der Waals surface area contributed by atoms with E-state index in [2.05, 4.69) is 0 Å². The summed E-state index contributed by atoms with van der Waals surface area (Å²) in [5.41, 5.74) is 0.592. The third-order valence-electron chi connectivity index (χ3n) is 3.28. The molecule has 1 atom stereocenters. The molecule has 2 heterocycles. The van der Waals surface area contributed by atoms with Crippen molar-refractivity contribution < 1.29 is 13.9 Å². The molecule has 0 bridgehead atoms. The lowest BCUT2D eigenvalue weighted by Crippen LogP contribution is -2.30. The summed E-state index contributed by atoms with van der Waals surface area (Å²) in [4.78, 5) is 14.6. The Balaban J connectivity index is 1.90. The molecule has 0 spiro atoms. The van der Waals surface area contributed by atoms with Crippen molar-refractivity contribution in [2.75, 3.05) is 19.4 Å². The summed E-state index contributed by atoms with van der Waals surface area (Å²) in [6.45, 7) is 0.715. The Hall–Kier alpha value is -1.88. The summed E-state index contributed by atoms with van der Waals surface area (Å²) < 4.78 is 10.7. The van der Waals surface area contributed by atoms with Gasteiger partial charge in [-0.2, -0.15) is 0 Å². The predicted molar refractivity (Wildman–Crippen MR) is 77.9 cm³/mol. The van der Waals surface area contributed by atoms with Gasteiger partial charge in [0.15, 0.2) is 0 Å². The molecule has 104 valence electrons. The van der Waals surface area contributed by atoms with Crippen LogP contribution in [0.25, 0.3) is 0 Å². The minimum Gasteiger partial charge on any atom is -0.496 e. The highest BCUT2D eigenvalue weighted by Crippen LogP contribution is 2.39. The first-order valence-corrected chi connectivity index (χ1v) is 7.45. The van der Waals surface area contributed by atoms with Crippen molar-refractivity contribution in [2.24, 2.45) is 0 Å². The van der Waals surface area contributed by atoms with E-state index in [1.165, 1.54) is 0 Å². The molecule has 1 aliphatic rings. The normalized spacial score (nSPS) is 18.2. The Labute approximate surface area is 121 Å². The molecule has 1 aromatic heterocycles. The van der Waals surface area contributed by atoms with Crippen LogP contribution in [0.4, 0.5) is 0 Å². The van der Waals surface area contributed by atoms with Crippen molar-refractivity contribution in [3.8, 4) is 5.75 Å². The van der Waals surface area contributed by atoms with Gasteiger partial charge in [-0.3, -0.25) is 4.79 Å². The molecular formula is C15H15NO3S. The van der Waals surface area contributed by atoms with Gasteiger partial charge in [-0.05, 0) is 24.3 Å². The number of carbonyl (C=O) groups is 1. The zero-order valence-electron chi connectivity index (χ0n) is 11.1. The van der Waals surface area contributed by atoms with Crippen LogP contribution < -0.4 is 4.74 Å². The SMILES string of the molecule is COc1ccccc1C(=O)N1CCS[C@H]1c1ccco1. The monoisotopic (exact) mass is 289 g/mol. The highest BCUT2D eigenvalue weighted by Gasteiger charge is 2.33. The highest BCUT2D eigenvalue weighted by molar-refractivity contribution is 7.99. The number of para-hydroxylation sites is 1. The summed E-state index contributed by atoms with van der Waals surface area (Å²) in [6.07, 6.45) is 1.64. The van der Waals surface area contributed by atoms with Crippen LogP contribution in [0.3, 0.4) is 0 Å². The number of rotatable bonds is 3. The average molecular weight is 289 g/mol. The Morgan fingerprint density at radius 2 is 2.20 bits per heavy atom. The number of nitrogens with zero attached hydrogens (tertiary/aromatic N) is 1. The number of furan rings is 1. The van der Waals surface area contributed by atoms with E-state index in [0.29, 0.717) is 17.9 Å². The van der Waals surface area contributed by atoms with Gasteiger partial charge >= 0.3 is 0 Å². The maximum atomic E-state index is 12.7. The first kappa shape index (κ1) is 13.1. The largest absolute Gasteiger partial charge is 0.496 e. The second kappa shape index (κ2) is 5.63. The van der Waals surface area contributed by atoms with E-state index < -0.39 is 0 Å². The smallest absolute Gasteiger partial charge is 0.258 e. The van der Waals surface area contributed by atoms with E-state index in [9.17, 15) is 4.79 Å². The van der Waals surface area contributed by atoms with Crippen LogP contribution in [0.2, 0.25) is 0 Å². The van der Waals surface area contributed by atoms with Crippen LogP contribution in [0.15, 0.2) is 47.1 Å². The zero-order valence-corrected chi connectivity index (χ0v) is 11.9. The van der Waals surface area contributed by atoms with Crippen LogP contribution in [0.5, 0.6) is 5.75 Å². The third kappa shape index (κ3) is 2.29. The molecule has 1 saturated heterocycles. The molecule has 0 saturated carbocycles. The number of hydrogen-bond acceptors (Lipinski definition) is 4. The van der Waals surface area contributed by atoms with Crippen molar-refractivity contribution in [1.29, 1.82) is 0 Å². The molecule has 0 radical (unpaired) electrons. The first-order chi connectivity index (χ1) is 9.81. The number of thioether (sulfide) groups is 1. The van der Waals surface area contributed by atoms with Crippen LogP contribution in [0.1, 0.15) is 21.5 Å². The summed E-state index contributed by atoms with van der Waals surface area (Å²) in [6, 6.07) is 11.1. The van der Waals surface area contributed by atoms with E-state index in [4.69, 9.17) is 9.15 Å².